The van der Waals surface area contributed by atoms with Crippen molar-refractivity contribution in [2.75, 3.05) is 12.3 Å². The highest BCUT2D eigenvalue weighted by molar-refractivity contribution is 6.05. The Morgan fingerprint density at radius 1 is 1.47 bits per heavy atom. The molecule has 0 saturated heterocycles. The van der Waals surface area contributed by atoms with Crippen molar-refractivity contribution in [1.29, 1.82) is 0 Å². The largest absolute Gasteiger partial charge is 0.399 e. The number of nitrogens with two attached hydrogens (primary N) is 1. The lowest BCUT2D eigenvalue weighted by molar-refractivity contribution is 0.0955. The van der Waals surface area contributed by atoms with Crippen molar-refractivity contribution in [3.8, 4) is 0 Å². The van der Waals surface area contributed by atoms with Crippen molar-refractivity contribution in [2.45, 2.75) is 0 Å². The monoisotopic (exact) mass is 227 g/mol. The van der Waals surface area contributed by atoms with Crippen LogP contribution in [0.5, 0.6) is 0 Å². The normalized spacial score (nSPS) is 10.1. The maximum absolute atomic E-state index is 11.9. The quantitative estimate of drug-likeness (QED) is 0.620. The summed E-state index contributed by atoms with van der Waals surface area (Å²) < 4.78 is 0. The molecule has 86 valence electrons. The number of rotatable bonds is 3. The molecule has 2 rings (SSSR count). The molecular formula is C13H13N3O. The van der Waals surface area contributed by atoms with E-state index in [1.54, 1.807) is 24.4 Å². The Balaban J connectivity index is 2.49. The number of carbonyl (C=O) groups excluding carboxylic acids is 1. The zero-order valence-corrected chi connectivity index (χ0v) is 9.31. The van der Waals surface area contributed by atoms with Crippen LogP contribution in [0.2, 0.25) is 0 Å². The number of carbonyl (C=O) groups is 1. The minimum atomic E-state index is -0.221. The second-order valence-electron chi connectivity index (χ2n) is 3.64. The highest BCUT2D eigenvalue weighted by atomic mass is 16.1. The molecule has 1 heterocycles. The van der Waals surface area contributed by atoms with Crippen LogP contribution in [-0.2, 0) is 0 Å². The summed E-state index contributed by atoms with van der Waals surface area (Å²) in [5, 5.41) is 4.40. The number of hydrogen-bond acceptors (Lipinski definition) is 3. The molecule has 4 nitrogen and oxygen atoms in total. The smallest absolute Gasteiger partial charge is 0.270 e. The Morgan fingerprint density at radius 2 is 2.29 bits per heavy atom. The van der Waals surface area contributed by atoms with E-state index in [2.05, 4.69) is 16.9 Å². The molecule has 0 fully saturated rings. The molecule has 1 aromatic carbocycles. The molecule has 4 heteroatoms. The second-order valence-corrected chi connectivity index (χ2v) is 3.64. The predicted molar refractivity (Wildman–Crippen MR) is 68.7 cm³/mol. The summed E-state index contributed by atoms with van der Waals surface area (Å²) >= 11 is 0. The summed E-state index contributed by atoms with van der Waals surface area (Å²) in [6.45, 7) is 3.96. The number of fused-ring (bicyclic) bond motifs is 1. The predicted octanol–water partition coefficient (Wildman–Crippen LogP) is 1.73. The molecule has 0 saturated carbocycles. The number of benzene rings is 1. The number of hydrogen-bond donors (Lipinski definition) is 2. The molecule has 3 N–H and O–H groups in total. The van der Waals surface area contributed by atoms with Crippen molar-refractivity contribution in [2.24, 2.45) is 0 Å². The topological polar surface area (TPSA) is 68.0 Å². The second kappa shape index (κ2) is 4.65. The van der Waals surface area contributed by atoms with Crippen molar-refractivity contribution in [3.63, 3.8) is 0 Å². The lowest BCUT2D eigenvalue weighted by atomic mass is 10.1. The zero-order chi connectivity index (χ0) is 12.3. The molecule has 17 heavy (non-hydrogen) atoms. The third-order valence-corrected chi connectivity index (χ3v) is 2.41. The van der Waals surface area contributed by atoms with Gasteiger partial charge in [-0.05, 0) is 23.6 Å². The van der Waals surface area contributed by atoms with Gasteiger partial charge in [-0.25, -0.2) is 0 Å². The molecule has 0 atom stereocenters. The molecule has 0 aliphatic heterocycles. The number of pyridine rings is 1. The van der Waals surface area contributed by atoms with Gasteiger partial charge in [0.25, 0.3) is 5.91 Å². The van der Waals surface area contributed by atoms with Crippen LogP contribution in [0.4, 0.5) is 5.69 Å². The van der Waals surface area contributed by atoms with Crippen LogP contribution in [-0.4, -0.2) is 17.4 Å². The van der Waals surface area contributed by atoms with E-state index in [4.69, 9.17) is 5.73 Å². The molecule has 2 aromatic rings. The first-order chi connectivity index (χ1) is 8.22. The average molecular weight is 227 g/mol. The molecule has 0 unspecified atom stereocenters. The maximum atomic E-state index is 11.9. The highest BCUT2D eigenvalue weighted by Gasteiger charge is 2.10. The van der Waals surface area contributed by atoms with E-state index in [1.165, 1.54) is 0 Å². The van der Waals surface area contributed by atoms with Crippen molar-refractivity contribution >= 4 is 22.4 Å². The van der Waals surface area contributed by atoms with Gasteiger partial charge in [-0.2, -0.15) is 0 Å². The number of aromatic nitrogens is 1. The summed E-state index contributed by atoms with van der Waals surface area (Å²) in [5.74, 6) is -0.221. The highest BCUT2D eigenvalue weighted by Crippen LogP contribution is 2.19. The van der Waals surface area contributed by atoms with Crippen LogP contribution in [0.1, 0.15) is 10.5 Å². The molecule has 0 bridgehead atoms. The molecule has 0 aliphatic carbocycles. The number of nitrogen functional groups attached to an aromatic ring is 1. The fourth-order valence-electron chi connectivity index (χ4n) is 1.62. The first-order valence-corrected chi connectivity index (χ1v) is 5.25. The van der Waals surface area contributed by atoms with Crippen LogP contribution >= 0.6 is 0 Å². The third-order valence-electron chi connectivity index (χ3n) is 2.41. The molecule has 1 aromatic heterocycles. The van der Waals surface area contributed by atoms with Gasteiger partial charge in [0.2, 0.25) is 0 Å². The van der Waals surface area contributed by atoms with E-state index in [9.17, 15) is 4.79 Å². The fraction of sp³-hybridized carbons (Fsp3) is 0.0769. The van der Waals surface area contributed by atoms with Gasteiger partial charge in [-0.3, -0.25) is 9.78 Å². The zero-order valence-electron chi connectivity index (χ0n) is 9.31. The minimum Gasteiger partial charge on any atom is -0.399 e. The van der Waals surface area contributed by atoms with Crippen molar-refractivity contribution < 1.29 is 4.79 Å². The van der Waals surface area contributed by atoms with Gasteiger partial charge in [-0.1, -0.05) is 12.1 Å². The SMILES string of the molecule is C=CCNC(=O)c1nccc2ccc(N)cc12. The molecule has 1 amide bonds. The lowest BCUT2D eigenvalue weighted by Crippen LogP contribution is -2.24. The van der Waals surface area contributed by atoms with E-state index in [0.29, 0.717) is 17.9 Å². The van der Waals surface area contributed by atoms with E-state index in [-0.39, 0.29) is 5.91 Å². The number of nitrogens with one attached hydrogen (secondary N) is 1. The van der Waals surface area contributed by atoms with Gasteiger partial charge in [0.15, 0.2) is 0 Å². The van der Waals surface area contributed by atoms with Gasteiger partial charge in [-0.15, -0.1) is 6.58 Å². The van der Waals surface area contributed by atoms with Gasteiger partial charge < -0.3 is 11.1 Å². The third kappa shape index (κ3) is 2.25. The van der Waals surface area contributed by atoms with Crippen LogP contribution in [0.15, 0.2) is 43.1 Å². The van der Waals surface area contributed by atoms with Gasteiger partial charge in [0, 0.05) is 23.8 Å². The van der Waals surface area contributed by atoms with E-state index in [0.717, 1.165) is 10.8 Å². The van der Waals surface area contributed by atoms with E-state index in [1.807, 2.05) is 12.1 Å². The average Bonchev–Trinajstić information content (AvgIpc) is 2.35. The number of amides is 1. The van der Waals surface area contributed by atoms with Crippen molar-refractivity contribution in [1.82, 2.24) is 10.3 Å². The molecule has 0 radical (unpaired) electrons. The Labute approximate surface area is 99.2 Å². The Morgan fingerprint density at radius 3 is 3.06 bits per heavy atom. The van der Waals surface area contributed by atoms with Crippen LogP contribution in [0.25, 0.3) is 10.8 Å². The Bertz CT molecular complexity index is 578. The Hall–Kier alpha value is -2.36. The summed E-state index contributed by atoms with van der Waals surface area (Å²) in [7, 11) is 0. The summed E-state index contributed by atoms with van der Waals surface area (Å²) in [5.41, 5.74) is 6.72. The molecular weight excluding hydrogens is 214 g/mol. The summed E-state index contributed by atoms with van der Waals surface area (Å²) in [6, 6.07) is 7.27. The Kier molecular flexibility index (Phi) is 3.05. The lowest BCUT2D eigenvalue weighted by Gasteiger charge is -2.06. The standard InChI is InChI=1S/C13H13N3O/c1-2-6-16-13(17)12-11-8-10(14)4-3-9(11)5-7-15-12/h2-5,7-8H,1,6,14H2,(H,16,17). The minimum absolute atomic E-state index is 0.221. The first-order valence-electron chi connectivity index (χ1n) is 5.25. The van der Waals surface area contributed by atoms with Crippen LogP contribution in [0.3, 0.4) is 0 Å². The van der Waals surface area contributed by atoms with Crippen LogP contribution in [0, 0.1) is 0 Å². The van der Waals surface area contributed by atoms with Crippen LogP contribution < -0.4 is 11.1 Å². The molecule has 0 aliphatic rings. The maximum Gasteiger partial charge on any atom is 0.270 e. The fourth-order valence-corrected chi connectivity index (χ4v) is 1.62. The number of anilines is 1. The van der Waals surface area contributed by atoms with Crippen molar-refractivity contribution in [3.05, 3.63) is 48.8 Å². The van der Waals surface area contributed by atoms with E-state index < -0.39 is 0 Å². The first kappa shape index (κ1) is 11.1. The van der Waals surface area contributed by atoms with Gasteiger partial charge in [0.05, 0.1) is 0 Å². The van der Waals surface area contributed by atoms with E-state index >= 15 is 0 Å². The molecule has 0 spiro atoms. The number of nitrogens with zero attached hydrogens (tertiary/aromatic N) is 1. The van der Waals surface area contributed by atoms with Gasteiger partial charge >= 0.3 is 0 Å². The summed E-state index contributed by atoms with van der Waals surface area (Å²) in [6.07, 6.45) is 3.23. The van der Waals surface area contributed by atoms with Gasteiger partial charge in [0.1, 0.15) is 5.69 Å². The summed E-state index contributed by atoms with van der Waals surface area (Å²) in [4.78, 5) is 16.0.